The number of hydrogen-bond donors (Lipinski definition) is 1. The summed E-state index contributed by atoms with van der Waals surface area (Å²) in [5, 5.41) is 2.71. The van der Waals surface area contributed by atoms with Crippen molar-refractivity contribution in [2.45, 2.75) is 12.5 Å². The van der Waals surface area contributed by atoms with Crippen molar-refractivity contribution in [3.63, 3.8) is 0 Å². The van der Waals surface area contributed by atoms with Crippen LogP contribution in [0.4, 0.5) is 4.79 Å². The van der Waals surface area contributed by atoms with Crippen molar-refractivity contribution in [3.8, 4) is 5.75 Å². The number of nitrogens with zero attached hydrogens (tertiary/aromatic N) is 2. The molecule has 3 amide bonds. The van der Waals surface area contributed by atoms with Crippen LogP contribution in [0.3, 0.4) is 0 Å². The molecule has 0 aliphatic carbocycles. The molecule has 1 aliphatic heterocycles. The Bertz CT molecular complexity index is 706. The summed E-state index contributed by atoms with van der Waals surface area (Å²) in [4.78, 5) is 30.1. The largest absolute Gasteiger partial charge is 0.492 e. The summed E-state index contributed by atoms with van der Waals surface area (Å²) >= 11 is 0. The Kier molecular flexibility index (Phi) is 3.97. The quantitative estimate of drug-likeness (QED) is 0.857. The van der Waals surface area contributed by atoms with Crippen LogP contribution in [0.15, 0.2) is 54.7 Å². The number of benzene rings is 1. The second-order valence-electron chi connectivity index (χ2n) is 5.39. The van der Waals surface area contributed by atoms with Crippen LogP contribution in [0.2, 0.25) is 0 Å². The highest BCUT2D eigenvalue weighted by atomic mass is 16.5. The van der Waals surface area contributed by atoms with Gasteiger partial charge in [0.25, 0.3) is 5.91 Å². The van der Waals surface area contributed by atoms with E-state index in [-0.39, 0.29) is 19.1 Å². The Morgan fingerprint density at radius 1 is 1.13 bits per heavy atom. The van der Waals surface area contributed by atoms with Crippen LogP contribution in [0, 0.1) is 0 Å². The lowest BCUT2D eigenvalue weighted by molar-refractivity contribution is -0.131. The summed E-state index contributed by atoms with van der Waals surface area (Å²) in [5.41, 5.74) is -0.615. The van der Waals surface area contributed by atoms with Crippen molar-refractivity contribution < 1.29 is 14.3 Å². The summed E-state index contributed by atoms with van der Waals surface area (Å²) in [6.07, 6.45) is 1.60. The molecule has 0 bridgehead atoms. The van der Waals surface area contributed by atoms with E-state index in [1.807, 2.05) is 30.3 Å². The molecule has 1 atom stereocenters. The first-order valence-electron chi connectivity index (χ1n) is 7.35. The van der Waals surface area contributed by atoms with Gasteiger partial charge >= 0.3 is 6.03 Å². The van der Waals surface area contributed by atoms with Crippen molar-refractivity contribution in [1.29, 1.82) is 0 Å². The fraction of sp³-hybridized carbons (Fsp3) is 0.235. The van der Waals surface area contributed by atoms with Gasteiger partial charge in [-0.15, -0.1) is 0 Å². The average molecular weight is 311 g/mol. The molecular formula is C17H17N3O3. The first-order chi connectivity index (χ1) is 11.1. The summed E-state index contributed by atoms with van der Waals surface area (Å²) < 4.78 is 5.55. The molecule has 1 fully saturated rings. The summed E-state index contributed by atoms with van der Waals surface area (Å²) in [6.45, 7) is 2.08. The molecule has 1 aromatic carbocycles. The van der Waals surface area contributed by atoms with Crippen LogP contribution in [0.1, 0.15) is 12.6 Å². The summed E-state index contributed by atoms with van der Waals surface area (Å²) in [5.74, 6) is 0.380. The fourth-order valence-corrected chi connectivity index (χ4v) is 2.50. The number of ether oxygens (including phenoxy) is 1. The zero-order chi connectivity index (χ0) is 16.3. The number of urea groups is 1. The highest BCUT2D eigenvalue weighted by molar-refractivity contribution is 6.06. The second-order valence-corrected chi connectivity index (χ2v) is 5.39. The SMILES string of the molecule is C[C@]1(c2ccccn2)NC(=O)N(CCOc2ccccc2)C1=O. The van der Waals surface area contributed by atoms with Gasteiger partial charge in [0.05, 0.1) is 12.2 Å². The van der Waals surface area contributed by atoms with Crippen molar-refractivity contribution in [3.05, 3.63) is 60.4 Å². The third-order valence-corrected chi connectivity index (χ3v) is 3.78. The predicted molar refractivity (Wildman–Crippen MR) is 83.8 cm³/mol. The van der Waals surface area contributed by atoms with Crippen LogP contribution < -0.4 is 10.1 Å². The topological polar surface area (TPSA) is 71.5 Å². The van der Waals surface area contributed by atoms with Gasteiger partial charge in [-0.1, -0.05) is 24.3 Å². The van der Waals surface area contributed by atoms with Gasteiger partial charge in [0.1, 0.15) is 12.4 Å². The number of hydrogen-bond acceptors (Lipinski definition) is 4. The maximum Gasteiger partial charge on any atom is 0.325 e. The van der Waals surface area contributed by atoms with Crippen molar-refractivity contribution in [2.24, 2.45) is 0 Å². The third kappa shape index (κ3) is 2.88. The van der Waals surface area contributed by atoms with E-state index in [0.717, 1.165) is 4.90 Å². The maximum absolute atomic E-state index is 12.6. The van der Waals surface area contributed by atoms with E-state index in [1.165, 1.54) is 0 Å². The standard InChI is InChI=1S/C17H17N3O3/c1-17(14-9-5-6-10-18-14)15(21)20(16(22)19-17)11-12-23-13-7-3-2-4-8-13/h2-10H,11-12H2,1H3,(H,19,22)/t17-/m1/s1. The number of rotatable bonds is 5. The van der Waals surface area contributed by atoms with E-state index >= 15 is 0 Å². The molecule has 1 aromatic heterocycles. The lowest BCUT2D eigenvalue weighted by Crippen LogP contribution is -2.42. The minimum atomic E-state index is -1.13. The highest BCUT2D eigenvalue weighted by Crippen LogP contribution is 2.26. The van der Waals surface area contributed by atoms with Crippen LogP contribution in [0.25, 0.3) is 0 Å². The number of amides is 3. The number of carbonyl (C=O) groups excluding carboxylic acids is 2. The lowest BCUT2D eigenvalue weighted by atomic mass is 9.97. The maximum atomic E-state index is 12.6. The molecule has 3 rings (SSSR count). The molecule has 2 heterocycles. The fourth-order valence-electron chi connectivity index (χ4n) is 2.50. The molecule has 0 unspecified atom stereocenters. The molecule has 1 saturated heterocycles. The normalized spacial score (nSPS) is 20.5. The van der Waals surface area contributed by atoms with E-state index in [4.69, 9.17) is 4.74 Å². The lowest BCUT2D eigenvalue weighted by Gasteiger charge is -2.20. The van der Waals surface area contributed by atoms with Crippen LogP contribution in [-0.2, 0) is 10.3 Å². The van der Waals surface area contributed by atoms with Gasteiger partial charge in [-0.25, -0.2) is 4.79 Å². The molecule has 1 N–H and O–H groups in total. The molecule has 0 saturated carbocycles. The third-order valence-electron chi connectivity index (χ3n) is 3.78. The molecule has 1 aliphatic rings. The minimum Gasteiger partial charge on any atom is -0.492 e. The molecule has 0 radical (unpaired) electrons. The minimum absolute atomic E-state index is 0.183. The summed E-state index contributed by atoms with van der Waals surface area (Å²) in [7, 11) is 0. The summed E-state index contributed by atoms with van der Waals surface area (Å²) in [6, 6.07) is 14.1. The Hall–Kier alpha value is -2.89. The molecule has 6 heteroatoms. The van der Waals surface area contributed by atoms with Gasteiger partial charge in [0, 0.05) is 6.20 Å². The monoisotopic (exact) mass is 311 g/mol. The number of carbonyl (C=O) groups is 2. The average Bonchev–Trinajstić information content (AvgIpc) is 2.81. The van der Waals surface area contributed by atoms with E-state index < -0.39 is 11.6 Å². The number of pyridine rings is 1. The predicted octanol–water partition coefficient (Wildman–Crippen LogP) is 1.93. The number of para-hydroxylation sites is 1. The van der Waals surface area contributed by atoms with E-state index in [2.05, 4.69) is 10.3 Å². The Balaban J connectivity index is 1.67. The Morgan fingerprint density at radius 3 is 2.57 bits per heavy atom. The van der Waals surface area contributed by atoms with Gasteiger partial charge in [-0.05, 0) is 31.2 Å². The molecule has 2 aromatic rings. The van der Waals surface area contributed by atoms with Gasteiger partial charge in [0.15, 0.2) is 5.54 Å². The Morgan fingerprint density at radius 2 is 1.87 bits per heavy atom. The molecule has 6 nitrogen and oxygen atoms in total. The van der Waals surface area contributed by atoms with Crippen LogP contribution in [-0.4, -0.2) is 35.0 Å². The van der Waals surface area contributed by atoms with Gasteiger partial charge < -0.3 is 10.1 Å². The molecule has 0 spiro atoms. The van der Waals surface area contributed by atoms with Gasteiger partial charge in [-0.2, -0.15) is 0 Å². The van der Waals surface area contributed by atoms with Crippen LogP contribution in [0.5, 0.6) is 5.75 Å². The number of aromatic nitrogens is 1. The zero-order valence-corrected chi connectivity index (χ0v) is 12.7. The first kappa shape index (κ1) is 15.0. The Labute approximate surface area is 134 Å². The number of nitrogens with one attached hydrogen (secondary N) is 1. The number of imide groups is 1. The first-order valence-corrected chi connectivity index (χ1v) is 7.35. The highest BCUT2D eigenvalue weighted by Gasteiger charge is 2.49. The molecule has 118 valence electrons. The zero-order valence-electron chi connectivity index (χ0n) is 12.7. The smallest absolute Gasteiger partial charge is 0.325 e. The van der Waals surface area contributed by atoms with E-state index in [9.17, 15) is 9.59 Å². The van der Waals surface area contributed by atoms with Crippen molar-refractivity contribution in [1.82, 2.24) is 15.2 Å². The molecule has 23 heavy (non-hydrogen) atoms. The van der Waals surface area contributed by atoms with Gasteiger partial charge in [-0.3, -0.25) is 14.7 Å². The van der Waals surface area contributed by atoms with Crippen molar-refractivity contribution in [2.75, 3.05) is 13.2 Å². The second kappa shape index (κ2) is 6.08. The van der Waals surface area contributed by atoms with Gasteiger partial charge in [0.2, 0.25) is 0 Å². The van der Waals surface area contributed by atoms with E-state index in [1.54, 1.807) is 31.3 Å². The van der Waals surface area contributed by atoms with Crippen molar-refractivity contribution >= 4 is 11.9 Å². The molecular weight excluding hydrogens is 294 g/mol. The van der Waals surface area contributed by atoms with E-state index in [0.29, 0.717) is 11.4 Å². The van der Waals surface area contributed by atoms with Crippen LogP contribution >= 0.6 is 0 Å².